The molecule has 6 heteroatoms. The van der Waals surface area contributed by atoms with Gasteiger partial charge in [0.05, 0.1) is 0 Å². The van der Waals surface area contributed by atoms with Gasteiger partial charge >= 0.3 is 12.1 Å². The maximum Gasteiger partial charge on any atom is 0.411 e. The molecule has 0 aliphatic carbocycles. The van der Waals surface area contributed by atoms with Gasteiger partial charge in [0, 0.05) is 13.1 Å². The molecule has 1 saturated heterocycles. The van der Waals surface area contributed by atoms with Crippen molar-refractivity contribution in [2.75, 3.05) is 26.7 Å². The Morgan fingerprint density at radius 1 is 1.33 bits per heavy atom. The number of hydrogen-bond acceptors (Lipinski definition) is 4. The molecule has 0 aromatic heterocycles. The van der Waals surface area contributed by atoms with Gasteiger partial charge in [-0.1, -0.05) is 37.3 Å². The summed E-state index contributed by atoms with van der Waals surface area (Å²) in [5, 5.41) is 9.86. The summed E-state index contributed by atoms with van der Waals surface area (Å²) in [6, 6.07) is 9.40. The van der Waals surface area contributed by atoms with Gasteiger partial charge in [0.1, 0.15) is 6.61 Å². The molecule has 1 aromatic carbocycles. The van der Waals surface area contributed by atoms with Gasteiger partial charge in [0.25, 0.3) is 0 Å². The number of likely N-dealkylation sites (tertiary alicyclic amines) is 1. The quantitative estimate of drug-likeness (QED) is 0.866. The van der Waals surface area contributed by atoms with Crippen LogP contribution in [-0.4, -0.2) is 59.2 Å². The monoisotopic (exact) mass is 334 g/mol. The van der Waals surface area contributed by atoms with Gasteiger partial charge in [-0.2, -0.15) is 0 Å². The Bertz CT molecular complexity index is 563. The first kappa shape index (κ1) is 18.3. The molecule has 24 heavy (non-hydrogen) atoms. The number of rotatable bonds is 6. The van der Waals surface area contributed by atoms with Gasteiger partial charge in [0.2, 0.25) is 0 Å². The topological polar surface area (TPSA) is 70.1 Å². The van der Waals surface area contributed by atoms with E-state index in [1.165, 1.54) is 4.90 Å². The lowest BCUT2D eigenvalue weighted by atomic mass is 9.87. The SMILES string of the molecule is CCCN(C(=O)OCc1ccccc1)C1(C(=O)O)CCCN(C)C1. The van der Waals surface area contributed by atoms with Crippen LogP contribution in [0.5, 0.6) is 0 Å². The number of hydrogen-bond donors (Lipinski definition) is 1. The van der Waals surface area contributed by atoms with E-state index in [0.29, 0.717) is 25.9 Å². The summed E-state index contributed by atoms with van der Waals surface area (Å²) < 4.78 is 5.41. The molecular formula is C18H26N2O4. The lowest BCUT2D eigenvalue weighted by Gasteiger charge is -2.45. The van der Waals surface area contributed by atoms with E-state index in [1.54, 1.807) is 0 Å². The summed E-state index contributed by atoms with van der Waals surface area (Å²) in [6.07, 6.45) is 1.32. The fourth-order valence-corrected chi connectivity index (χ4v) is 3.26. The lowest BCUT2D eigenvalue weighted by Crippen LogP contribution is -2.64. The van der Waals surface area contributed by atoms with Gasteiger partial charge < -0.3 is 14.7 Å². The molecule has 0 bridgehead atoms. The van der Waals surface area contributed by atoms with Crippen molar-refractivity contribution in [3.05, 3.63) is 35.9 Å². The predicted molar refractivity (Wildman–Crippen MR) is 90.7 cm³/mol. The van der Waals surface area contributed by atoms with E-state index in [2.05, 4.69) is 0 Å². The maximum absolute atomic E-state index is 12.6. The molecular weight excluding hydrogens is 308 g/mol. The number of piperidine rings is 1. The third-order valence-corrected chi connectivity index (χ3v) is 4.45. The normalized spacial score (nSPS) is 21.2. The molecule has 2 rings (SSSR count). The molecule has 1 fully saturated rings. The fraction of sp³-hybridized carbons (Fsp3) is 0.556. The Morgan fingerprint density at radius 2 is 2.04 bits per heavy atom. The van der Waals surface area contributed by atoms with Crippen molar-refractivity contribution >= 4 is 12.1 Å². The van der Waals surface area contributed by atoms with Crippen molar-refractivity contribution in [3.8, 4) is 0 Å². The van der Waals surface area contributed by atoms with Crippen LogP contribution in [0.3, 0.4) is 0 Å². The second kappa shape index (κ2) is 8.15. The number of carboxylic acids is 1. The molecule has 0 saturated carbocycles. The molecule has 0 spiro atoms. The third-order valence-electron chi connectivity index (χ3n) is 4.45. The highest BCUT2D eigenvalue weighted by atomic mass is 16.6. The van der Waals surface area contributed by atoms with Crippen LogP contribution in [0.4, 0.5) is 4.79 Å². The first-order valence-electron chi connectivity index (χ1n) is 8.40. The molecule has 1 N–H and O–H groups in total. The Hall–Kier alpha value is -2.08. The van der Waals surface area contributed by atoms with E-state index in [0.717, 1.165) is 18.5 Å². The minimum atomic E-state index is -1.21. The van der Waals surface area contributed by atoms with Crippen molar-refractivity contribution in [3.63, 3.8) is 0 Å². The van der Waals surface area contributed by atoms with Crippen LogP contribution in [0.1, 0.15) is 31.7 Å². The summed E-state index contributed by atoms with van der Waals surface area (Å²) in [7, 11) is 1.89. The third kappa shape index (κ3) is 4.06. The van der Waals surface area contributed by atoms with E-state index in [1.807, 2.05) is 49.2 Å². The number of benzene rings is 1. The van der Waals surface area contributed by atoms with Crippen molar-refractivity contribution in [1.29, 1.82) is 0 Å². The van der Waals surface area contributed by atoms with Crippen molar-refractivity contribution in [2.24, 2.45) is 0 Å². The Balaban J connectivity index is 2.16. The van der Waals surface area contributed by atoms with Crippen LogP contribution in [0.2, 0.25) is 0 Å². The van der Waals surface area contributed by atoms with Gasteiger partial charge in [0.15, 0.2) is 5.54 Å². The van der Waals surface area contributed by atoms with Gasteiger partial charge in [-0.3, -0.25) is 4.90 Å². The number of carbonyl (C=O) groups excluding carboxylic acids is 1. The van der Waals surface area contributed by atoms with Crippen LogP contribution in [0.15, 0.2) is 30.3 Å². The highest BCUT2D eigenvalue weighted by molar-refractivity contribution is 5.85. The summed E-state index contributed by atoms with van der Waals surface area (Å²) in [4.78, 5) is 28.1. The van der Waals surface area contributed by atoms with Gasteiger partial charge in [-0.15, -0.1) is 0 Å². The lowest BCUT2D eigenvalue weighted by molar-refractivity contribution is -0.154. The van der Waals surface area contributed by atoms with Crippen LogP contribution >= 0.6 is 0 Å². The minimum Gasteiger partial charge on any atom is -0.479 e. The van der Waals surface area contributed by atoms with Crippen molar-refractivity contribution in [2.45, 2.75) is 38.3 Å². The molecule has 0 radical (unpaired) electrons. The minimum absolute atomic E-state index is 0.144. The summed E-state index contributed by atoms with van der Waals surface area (Å²) in [5.74, 6) is -0.959. The Kier molecular flexibility index (Phi) is 6.20. The smallest absolute Gasteiger partial charge is 0.411 e. The summed E-state index contributed by atoms with van der Waals surface area (Å²) in [6.45, 7) is 3.61. The Morgan fingerprint density at radius 3 is 2.62 bits per heavy atom. The zero-order valence-corrected chi connectivity index (χ0v) is 14.4. The van der Waals surface area contributed by atoms with E-state index >= 15 is 0 Å². The van der Waals surface area contributed by atoms with Crippen molar-refractivity contribution in [1.82, 2.24) is 9.80 Å². The number of amides is 1. The average molecular weight is 334 g/mol. The van der Waals surface area contributed by atoms with E-state index in [9.17, 15) is 14.7 Å². The maximum atomic E-state index is 12.6. The zero-order valence-electron chi connectivity index (χ0n) is 14.4. The average Bonchev–Trinajstić information content (AvgIpc) is 2.58. The van der Waals surface area contributed by atoms with E-state index < -0.39 is 17.6 Å². The number of aliphatic carboxylic acids is 1. The second-order valence-electron chi connectivity index (χ2n) is 6.37. The van der Waals surface area contributed by atoms with E-state index in [4.69, 9.17) is 4.74 Å². The predicted octanol–water partition coefficient (Wildman–Crippen LogP) is 2.58. The van der Waals surface area contributed by atoms with Crippen LogP contribution < -0.4 is 0 Å². The summed E-state index contributed by atoms with van der Waals surface area (Å²) >= 11 is 0. The number of carboxylic acid groups (broad SMARTS) is 1. The Labute approximate surface area is 143 Å². The van der Waals surface area contributed by atoms with Gasteiger partial charge in [-0.25, -0.2) is 9.59 Å². The molecule has 1 aliphatic rings. The second-order valence-corrected chi connectivity index (χ2v) is 6.37. The largest absolute Gasteiger partial charge is 0.479 e. The molecule has 1 amide bonds. The number of nitrogens with zero attached hydrogens (tertiary/aromatic N) is 2. The molecule has 1 aliphatic heterocycles. The molecule has 1 aromatic rings. The number of likely N-dealkylation sites (N-methyl/N-ethyl adjacent to an activating group) is 1. The first-order chi connectivity index (χ1) is 11.5. The van der Waals surface area contributed by atoms with Crippen LogP contribution in [0.25, 0.3) is 0 Å². The molecule has 132 valence electrons. The van der Waals surface area contributed by atoms with Crippen molar-refractivity contribution < 1.29 is 19.4 Å². The van der Waals surface area contributed by atoms with Crippen LogP contribution in [-0.2, 0) is 16.1 Å². The fourth-order valence-electron chi connectivity index (χ4n) is 3.26. The van der Waals surface area contributed by atoms with Crippen LogP contribution in [0, 0.1) is 0 Å². The number of carbonyl (C=O) groups is 2. The highest BCUT2D eigenvalue weighted by Gasteiger charge is 2.49. The summed E-state index contributed by atoms with van der Waals surface area (Å²) in [5.41, 5.74) is -0.330. The molecule has 1 atom stereocenters. The zero-order chi connectivity index (χ0) is 17.6. The molecule has 1 heterocycles. The van der Waals surface area contributed by atoms with Gasteiger partial charge in [-0.05, 0) is 38.4 Å². The molecule has 6 nitrogen and oxygen atoms in total. The number of ether oxygens (including phenoxy) is 1. The molecule has 1 unspecified atom stereocenters. The first-order valence-corrected chi connectivity index (χ1v) is 8.40. The van der Waals surface area contributed by atoms with E-state index in [-0.39, 0.29) is 6.61 Å². The highest BCUT2D eigenvalue weighted by Crippen LogP contribution is 2.29. The standard InChI is InChI=1S/C18H26N2O4/c1-3-11-20(17(23)24-13-15-8-5-4-6-9-15)18(16(21)22)10-7-12-19(2)14-18/h4-6,8-9H,3,7,10-14H2,1-2H3,(H,21,22).